The summed E-state index contributed by atoms with van der Waals surface area (Å²) in [5.74, 6) is 0.879. The number of nitrogens with one attached hydrogen (secondary N) is 1. The van der Waals surface area contributed by atoms with Crippen molar-refractivity contribution >= 4 is 5.91 Å². The molecule has 0 radical (unpaired) electrons. The molecule has 0 saturated carbocycles. The predicted molar refractivity (Wildman–Crippen MR) is 72.8 cm³/mol. The highest BCUT2D eigenvalue weighted by Crippen LogP contribution is 2.20. The van der Waals surface area contributed by atoms with Crippen molar-refractivity contribution in [1.82, 2.24) is 20.1 Å². The summed E-state index contributed by atoms with van der Waals surface area (Å²) in [5.41, 5.74) is 5.60. The van der Waals surface area contributed by atoms with E-state index in [4.69, 9.17) is 5.73 Å². The second-order valence-electron chi connectivity index (χ2n) is 6.14. The van der Waals surface area contributed by atoms with Gasteiger partial charge < -0.3 is 10.6 Å². The summed E-state index contributed by atoms with van der Waals surface area (Å²) in [7, 11) is 0. The quantitative estimate of drug-likeness (QED) is 0.836. The molecule has 1 saturated heterocycles. The number of aromatic amines is 1. The van der Waals surface area contributed by atoms with E-state index in [1.807, 2.05) is 25.7 Å². The zero-order valence-electron chi connectivity index (χ0n) is 11.9. The van der Waals surface area contributed by atoms with E-state index in [-0.39, 0.29) is 23.2 Å². The molecule has 1 amide bonds. The van der Waals surface area contributed by atoms with Crippen molar-refractivity contribution in [3.63, 3.8) is 0 Å². The van der Waals surface area contributed by atoms with Crippen LogP contribution in [0.15, 0.2) is 0 Å². The standard InChI is InChI=1S/C13H23N5O/c1-13(2,3)12-15-10(16-17-12)11(19)18-7-5-4-6-9(18)8-14/h9H,4-8,14H2,1-3H3,(H,15,16,17). The lowest BCUT2D eigenvalue weighted by Crippen LogP contribution is -2.47. The summed E-state index contributed by atoms with van der Waals surface area (Å²) >= 11 is 0. The Kier molecular flexibility index (Phi) is 3.89. The first-order chi connectivity index (χ1) is 8.93. The zero-order chi connectivity index (χ0) is 14.0. The SMILES string of the molecule is CC(C)(C)c1nc(C(=O)N2CCCCC2CN)n[nH]1. The van der Waals surface area contributed by atoms with E-state index >= 15 is 0 Å². The molecule has 19 heavy (non-hydrogen) atoms. The van der Waals surface area contributed by atoms with Crippen molar-refractivity contribution in [3.05, 3.63) is 11.6 Å². The van der Waals surface area contributed by atoms with Gasteiger partial charge in [-0.05, 0) is 19.3 Å². The number of carbonyl (C=O) groups excluding carboxylic acids is 1. The van der Waals surface area contributed by atoms with Gasteiger partial charge in [-0.3, -0.25) is 9.89 Å². The molecular formula is C13H23N5O. The van der Waals surface area contributed by atoms with Crippen molar-refractivity contribution < 1.29 is 4.79 Å². The Bertz CT molecular complexity index is 448. The molecule has 0 aromatic carbocycles. The van der Waals surface area contributed by atoms with Crippen LogP contribution in [0.25, 0.3) is 0 Å². The van der Waals surface area contributed by atoms with Crippen molar-refractivity contribution in [3.8, 4) is 0 Å². The van der Waals surface area contributed by atoms with Crippen LogP contribution < -0.4 is 5.73 Å². The van der Waals surface area contributed by atoms with E-state index in [0.717, 1.165) is 31.6 Å². The van der Waals surface area contributed by atoms with Crippen LogP contribution >= 0.6 is 0 Å². The smallest absolute Gasteiger partial charge is 0.293 e. The van der Waals surface area contributed by atoms with E-state index in [0.29, 0.717) is 6.54 Å². The van der Waals surface area contributed by atoms with Gasteiger partial charge in [0.05, 0.1) is 0 Å². The van der Waals surface area contributed by atoms with Crippen molar-refractivity contribution in [2.75, 3.05) is 13.1 Å². The normalized spacial score (nSPS) is 20.6. The highest BCUT2D eigenvalue weighted by Gasteiger charge is 2.30. The Morgan fingerprint density at radius 1 is 1.47 bits per heavy atom. The number of aromatic nitrogens is 3. The molecule has 1 aliphatic heterocycles. The molecule has 1 aliphatic rings. The van der Waals surface area contributed by atoms with E-state index in [9.17, 15) is 4.79 Å². The number of nitrogens with two attached hydrogens (primary N) is 1. The fraction of sp³-hybridized carbons (Fsp3) is 0.769. The number of likely N-dealkylation sites (tertiary alicyclic amines) is 1. The number of rotatable bonds is 2. The van der Waals surface area contributed by atoms with E-state index < -0.39 is 0 Å². The number of carbonyl (C=O) groups is 1. The average Bonchev–Trinajstić information content (AvgIpc) is 2.87. The van der Waals surface area contributed by atoms with Gasteiger partial charge in [0.1, 0.15) is 5.82 Å². The summed E-state index contributed by atoms with van der Waals surface area (Å²) in [5, 5.41) is 6.92. The van der Waals surface area contributed by atoms with E-state index in [2.05, 4.69) is 15.2 Å². The molecule has 2 rings (SSSR count). The summed E-state index contributed by atoms with van der Waals surface area (Å²) in [6, 6.07) is 0.123. The maximum absolute atomic E-state index is 12.4. The van der Waals surface area contributed by atoms with Crippen LogP contribution in [0.1, 0.15) is 56.5 Å². The van der Waals surface area contributed by atoms with Gasteiger partial charge in [0, 0.05) is 24.5 Å². The van der Waals surface area contributed by atoms with Crippen LogP contribution in [0.3, 0.4) is 0 Å². The van der Waals surface area contributed by atoms with Crippen molar-refractivity contribution in [2.24, 2.45) is 5.73 Å². The number of H-pyrrole nitrogens is 1. The van der Waals surface area contributed by atoms with Crippen molar-refractivity contribution in [1.29, 1.82) is 0 Å². The van der Waals surface area contributed by atoms with Gasteiger partial charge in [-0.15, -0.1) is 5.10 Å². The lowest BCUT2D eigenvalue weighted by molar-refractivity contribution is 0.0611. The predicted octanol–water partition coefficient (Wildman–Crippen LogP) is 1.06. The molecule has 1 unspecified atom stereocenters. The molecule has 1 atom stereocenters. The Balaban J connectivity index is 2.16. The van der Waals surface area contributed by atoms with Crippen LogP contribution in [-0.2, 0) is 5.41 Å². The third-order valence-corrected chi connectivity index (χ3v) is 3.55. The molecule has 0 aliphatic carbocycles. The first-order valence-electron chi connectivity index (χ1n) is 6.87. The summed E-state index contributed by atoms with van der Waals surface area (Å²) in [6.07, 6.45) is 3.13. The summed E-state index contributed by atoms with van der Waals surface area (Å²) in [4.78, 5) is 18.6. The second kappa shape index (κ2) is 5.28. The minimum absolute atomic E-state index is 0.109. The first kappa shape index (κ1) is 14.0. The maximum Gasteiger partial charge on any atom is 0.293 e. The minimum Gasteiger partial charge on any atom is -0.332 e. The molecule has 2 heterocycles. The highest BCUT2D eigenvalue weighted by molar-refractivity contribution is 5.90. The Morgan fingerprint density at radius 3 is 2.79 bits per heavy atom. The molecule has 1 fully saturated rings. The van der Waals surface area contributed by atoms with Crippen molar-refractivity contribution in [2.45, 2.75) is 51.5 Å². The summed E-state index contributed by atoms with van der Waals surface area (Å²) < 4.78 is 0. The number of hydrogen-bond donors (Lipinski definition) is 2. The molecule has 6 nitrogen and oxygen atoms in total. The number of hydrogen-bond acceptors (Lipinski definition) is 4. The van der Waals surface area contributed by atoms with Crippen LogP contribution in [0, 0.1) is 0 Å². The molecule has 0 spiro atoms. The van der Waals surface area contributed by atoms with Gasteiger partial charge in [0.2, 0.25) is 5.82 Å². The van der Waals surface area contributed by atoms with Gasteiger partial charge in [-0.2, -0.15) is 0 Å². The fourth-order valence-corrected chi connectivity index (χ4v) is 2.33. The molecule has 106 valence electrons. The average molecular weight is 265 g/mol. The molecule has 3 N–H and O–H groups in total. The Morgan fingerprint density at radius 2 is 2.21 bits per heavy atom. The molecular weight excluding hydrogens is 242 g/mol. The first-order valence-corrected chi connectivity index (χ1v) is 6.87. The number of piperidine rings is 1. The van der Waals surface area contributed by atoms with E-state index in [1.165, 1.54) is 0 Å². The lowest BCUT2D eigenvalue weighted by Gasteiger charge is -2.34. The molecule has 1 aromatic rings. The van der Waals surface area contributed by atoms with E-state index in [1.54, 1.807) is 0 Å². The zero-order valence-corrected chi connectivity index (χ0v) is 11.9. The van der Waals surface area contributed by atoms with Gasteiger partial charge in [0.15, 0.2) is 0 Å². The highest BCUT2D eigenvalue weighted by atomic mass is 16.2. The Labute approximate surface area is 113 Å². The van der Waals surface area contributed by atoms with Crippen LogP contribution in [-0.4, -0.2) is 45.1 Å². The van der Waals surface area contributed by atoms with Crippen LogP contribution in [0.4, 0.5) is 0 Å². The topological polar surface area (TPSA) is 87.9 Å². The molecule has 1 aromatic heterocycles. The van der Waals surface area contributed by atoms with Gasteiger partial charge in [0.25, 0.3) is 5.91 Å². The second-order valence-corrected chi connectivity index (χ2v) is 6.14. The van der Waals surface area contributed by atoms with Gasteiger partial charge in [-0.25, -0.2) is 4.98 Å². The minimum atomic E-state index is -0.138. The molecule has 6 heteroatoms. The number of amides is 1. The lowest BCUT2D eigenvalue weighted by atomic mass is 9.96. The third kappa shape index (κ3) is 2.94. The van der Waals surface area contributed by atoms with Crippen LogP contribution in [0.2, 0.25) is 0 Å². The van der Waals surface area contributed by atoms with Crippen LogP contribution in [0.5, 0.6) is 0 Å². The van der Waals surface area contributed by atoms with Gasteiger partial charge in [-0.1, -0.05) is 20.8 Å². The monoisotopic (exact) mass is 265 g/mol. The largest absolute Gasteiger partial charge is 0.332 e. The fourth-order valence-electron chi connectivity index (χ4n) is 2.33. The van der Waals surface area contributed by atoms with Gasteiger partial charge >= 0.3 is 0 Å². The maximum atomic E-state index is 12.4. The number of nitrogens with zero attached hydrogens (tertiary/aromatic N) is 3. The third-order valence-electron chi connectivity index (χ3n) is 3.55. The summed E-state index contributed by atoms with van der Waals surface area (Å²) in [6.45, 7) is 7.35. The molecule has 0 bridgehead atoms. The Hall–Kier alpha value is -1.43.